The molecule has 20 heavy (non-hydrogen) atoms. The van der Waals surface area contributed by atoms with Gasteiger partial charge in [-0.2, -0.15) is 0 Å². The SMILES string of the molecule is CCCC(OC)(C(=O)c1ccccc1)c1ccccc1. The molecule has 2 nitrogen and oxygen atoms in total. The van der Waals surface area contributed by atoms with Crippen molar-refractivity contribution in [3.63, 3.8) is 0 Å². The molecule has 0 saturated heterocycles. The van der Waals surface area contributed by atoms with Crippen molar-refractivity contribution in [1.29, 1.82) is 0 Å². The van der Waals surface area contributed by atoms with Gasteiger partial charge in [-0.05, 0) is 12.0 Å². The van der Waals surface area contributed by atoms with Gasteiger partial charge in [0.1, 0.15) is 0 Å². The predicted octanol–water partition coefficient (Wildman–Crippen LogP) is 4.21. The fourth-order valence-corrected chi connectivity index (χ4v) is 2.58. The van der Waals surface area contributed by atoms with Gasteiger partial charge in [0, 0.05) is 12.7 Å². The lowest BCUT2D eigenvalue weighted by molar-refractivity contribution is -0.00676. The lowest BCUT2D eigenvalue weighted by atomic mass is 9.82. The number of carbonyl (C=O) groups excluding carboxylic acids is 1. The van der Waals surface area contributed by atoms with Gasteiger partial charge in [0.05, 0.1) is 0 Å². The van der Waals surface area contributed by atoms with Crippen LogP contribution in [0.4, 0.5) is 0 Å². The number of hydrogen-bond acceptors (Lipinski definition) is 2. The maximum atomic E-state index is 13.0. The third-order valence-electron chi connectivity index (χ3n) is 3.59. The number of carbonyl (C=O) groups is 1. The monoisotopic (exact) mass is 268 g/mol. The van der Waals surface area contributed by atoms with E-state index in [0.29, 0.717) is 12.0 Å². The number of rotatable bonds is 6. The number of Topliss-reactive ketones (excluding diaryl/α,β-unsaturated/α-hetero) is 1. The van der Waals surface area contributed by atoms with E-state index in [1.54, 1.807) is 7.11 Å². The summed E-state index contributed by atoms with van der Waals surface area (Å²) in [5.74, 6) is 0.0219. The second-order valence-corrected chi connectivity index (χ2v) is 4.84. The lowest BCUT2D eigenvalue weighted by Gasteiger charge is -2.31. The molecule has 2 heteroatoms. The summed E-state index contributed by atoms with van der Waals surface area (Å²) in [5.41, 5.74) is 0.710. The van der Waals surface area contributed by atoms with E-state index in [4.69, 9.17) is 4.74 Å². The molecular weight excluding hydrogens is 248 g/mol. The number of ketones is 1. The van der Waals surface area contributed by atoms with E-state index in [1.165, 1.54) is 0 Å². The van der Waals surface area contributed by atoms with Crippen LogP contribution in [0.15, 0.2) is 60.7 Å². The minimum absolute atomic E-state index is 0.0219. The third kappa shape index (κ3) is 2.66. The first-order chi connectivity index (χ1) is 9.74. The summed E-state index contributed by atoms with van der Waals surface area (Å²) >= 11 is 0. The van der Waals surface area contributed by atoms with Gasteiger partial charge < -0.3 is 4.74 Å². The molecule has 0 spiro atoms. The van der Waals surface area contributed by atoms with Crippen molar-refractivity contribution in [3.05, 3.63) is 71.8 Å². The molecule has 0 aliphatic carbocycles. The average Bonchev–Trinajstić information content (AvgIpc) is 2.54. The second kappa shape index (κ2) is 6.49. The molecule has 0 aliphatic rings. The molecule has 104 valence electrons. The molecule has 0 amide bonds. The Hall–Kier alpha value is -1.93. The van der Waals surface area contributed by atoms with E-state index in [2.05, 4.69) is 6.92 Å². The minimum atomic E-state index is -0.892. The van der Waals surface area contributed by atoms with Gasteiger partial charge in [0.2, 0.25) is 0 Å². The standard InChI is InChI=1S/C18H20O2/c1-3-14-18(20-2,16-12-8-5-9-13-16)17(19)15-10-6-4-7-11-15/h4-13H,3,14H2,1-2H3. The highest BCUT2D eigenvalue weighted by molar-refractivity contribution is 6.03. The molecule has 1 atom stereocenters. The van der Waals surface area contributed by atoms with E-state index in [9.17, 15) is 4.79 Å². The van der Waals surface area contributed by atoms with Crippen LogP contribution in [0.5, 0.6) is 0 Å². The van der Waals surface area contributed by atoms with Crippen LogP contribution in [0.3, 0.4) is 0 Å². The molecular formula is C18H20O2. The molecule has 2 aromatic carbocycles. The average molecular weight is 268 g/mol. The Bertz CT molecular complexity index is 548. The van der Waals surface area contributed by atoms with E-state index in [0.717, 1.165) is 12.0 Å². The molecule has 0 radical (unpaired) electrons. The fourth-order valence-electron chi connectivity index (χ4n) is 2.58. The summed E-state index contributed by atoms with van der Waals surface area (Å²) in [6, 6.07) is 19.1. The van der Waals surface area contributed by atoms with Crippen LogP contribution in [0, 0.1) is 0 Å². The number of methoxy groups -OCH3 is 1. The summed E-state index contributed by atoms with van der Waals surface area (Å²) in [4.78, 5) is 13.0. The van der Waals surface area contributed by atoms with Crippen molar-refractivity contribution in [1.82, 2.24) is 0 Å². The number of benzene rings is 2. The Morgan fingerprint density at radius 3 is 2.05 bits per heavy atom. The molecule has 0 heterocycles. The zero-order valence-corrected chi connectivity index (χ0v) is 12.0. The Balaban J connectivity index is 2.50. The Labute approximate surface area is 120 Å². The normalized spacial score (nSPS) is 13.7. The van der Waals surface area contributed by atoms with Crippen molar-refractivity contribution in [2.75, 3.05) is 7.11 Å². The highest BCUT2D eigenvalue weighted by atomic mass is 16.5. The first kappa shape index (κ1) is 14.5. The fraction of sp³-hybridized carbons (Fsp3) is 0.278. The quantitative estimate of drug-likeness (QED) is 0.733. The first-order valence-electron chi connectivity index (χ1n) is 6.95. The summed E-state index contributed by atoms with van der Waals surface area (Å²) in [5, 5.41) is 0. The molecule has 2 rings (SSSR count). The molecule has 0 aliphatic heterocycles. The van der Waals surface area contributed by atoms with Gasteiger partial charge in [-0.3, -0.25) is 4.79 Å². The van der Waals surface area contributed by atoms with Crippen molar-refractivity contribution in [3.8, 4) is 0 Å². The smallest absolute Gasteiger partial charge is 0.199 e. The van der Waals surface area contributed by atoms with E-state index in [-0.39, 0.29) is 5.78 Å². The highest BCUT2D eigenvalue weighted by Crippen LogP contribution is 2.34. The molecule has 0 aromatic heterocycles. The second-order valence-electron chi connectivity index (χ2n) is 4.84. The van der Waals surface area contributed by atoms with Gasteiger partial charge in [-0.15, -0.1) is 0 Å². The Morgan fingerprint density at radius 1 is 1.00 bits per heavy atom. The van der Waals surface area contributed by atoms with Gasteiger partial charge in [0.15, 0.2) is 11.4 Å². The largest absolute Gasteiger partial charge is 0.365 e. The predicted molar refractivity (Wildman–Crippen MR) is 80.8 cm³/mol. The molecule has 0 N–H and O–H groups in total. The van der Waals surface area contributed by atoms with E-state index < -0.39 is 5.60 Å². The Morgan fingerprint density at radius 2 is 1.55 bits per heavy atom. The van der Waals surface area contributed by atoms with Crippen molar-refractivity contribution < 1.29 is 9.53 Å². The first-order valence-corrected chi connectivity index (χ1v) is 6.95. The number of hydrogen-bond donors (Lipinski definition) is 0. The van der Waals surface area contributed by atoms with Gasteiger partial charge in [0.25, 0.3) is 0 Å². The zero-order chi connectivity index (χ0) is 14.4. The highest BCUT2D eigenvalue weighted by Gasteiger charge is 2.39. The van der Waals surface area contributed by atoms with Crippen molar-refractivity contribution in [2.45, 2.75) is 25.4 Å². The molecule has 2 aromatic rings. The van der Waals surface area contributed by atoms with Crippen molar-refractivity contribution >= 4 is 5.78 Å². The maximum Gasteiger partial charge on any atom is 0.199 e. The van der Waals surface area contributed by atoms with E-state index >= 15 is 0 Å². The number of ether oxygens (including phenoxy) is 1. The van der Waals surface area contributed by atoms with Crippen LogP contribution < -0.4 is 0 Å². The zero-order valence-electron chi connectivity index (χ0n) is 12.0. The maximum absolute atomic E-state index is 13.0. The van der Waals surface area contributed by atoms with E-state index in [1.807, 2.05) is 60.7 Å². The van der Waals surface area contributed by atoms with Crippen LogP contribution in [0.2, 0.25) is 0 Å². The van der Waals surface area contributed by atoms with Crippen LogP contribution in [-0.2, 0) is 10.3 Å². The summed E-state index contributed by atoms with van der Waals surface area (Å²) < 4.78 is 5.73. The molecule has 0 fully saturated rings. The summed E-state index contributed by atoms with van der Waals surface area (Å²) in [7, 11) is 1.61. The van der Waals surface area contributed by atoms with Crippen LogP contribution in [0.1, 0.15) is 35.7 Å². The molecule has 0 saturated carbocycles. The lowest BCUT2D eigenvalue weighted by Crippen LogP contribution is -2.38. The van der Waals surface area contributed by atoms with Crippen LogP contribution in [0.25, 0.3) is 0 Å². The van der Waals surface area contributed by atoms with Gasteiger partial charge in [-0.1, -0.05) is 74.0 Å². The van der Waals surface area contributed by atoms with Crippen LogP contribution >= 0.6 is 0 Å². The topological polar surface area (TPSA) is 26.3 Å². The third-order valence-corrected chi connectivity index (χ3v) is 3.59. The molecule has 1 unspecified atom stereocenters. The minimum Gasteiger partial charge on any atom is -0.365 e. The van der Waals surface area contributed by atoms with Crippen molar-refractivity contribution in [2.24, 2.45) is 0 Å². The Kier molecular flexibility index (Phi) is 4.70. The van der Waals surface area contributed by atoms with Crippen LogP contribution in [-0.4, -0.2) is 12.9 Å². The summed E-state index contributed by atoms with van der Waals surface area (Å²) in [6.45, 7) is 2.06. The molecule has 0 bridgehead atoms. The summed E-state index contributed by atoms with van der Waals surface area (Å²) in [6.07, 6.45) is 1.54. The van der Waals surface area contributed by atoms with Gasteiger partial charge >= 0.3 is 0 Å². The van der Waals surface area contributed by atoms with Gasteiger partial charge in [-0.25, -0.2) is 0 Å².